The van der Waals surface area contributed by atoms with Crippen molar-refractivity contribution >= 4 is 35.1 Å². The molecule has 2 aromatic carbocycles. The fraction of sp³-hybridized carbons (Fsp3) is 0.318. The van der Waals surface area contributed by atoms with Gasteiger partial charge in [0.15, 0.2) is 6.10 Å². The van der Waals surface area contributed by atoms with Crippen molar-refractivity contribution in [2.24, 2.45) is 5.92 Å². The van der Waals surface area contributed by atoms with E-state index < -0.39 is 29.9 Å². The second kappa shape index (κ2) is 10.1. The van der Waals surface area contributed by atoms with Gasteiger partial charge in [0.05, 0.1) is 10.6 Å². The summed E-state index contributed by atoms with van der Waals surface area (Å²) in [5.74, 6) is -1.88. The number of amides is 2. The Morgan fingerprint density at radius 3 is 2.17 bits per heavy atom. The van der Waals surface area contributed by atoms with Crippen LogP contribution in [0.1, 0.15) is 36.7 Å². The zero-order chi connectivity index (χ0) is 21.6. The van der Waals surface area contributed by atoms with E-state index in [1.165, 1.54) is 6.92 Å². The maximum absolute atomic E-state index is 12.6. The van der Waals surface area contributed by atoms with Gasteiger partial charge in [-0.15, -0.1) is 0 Å². The molecule has 0 aromatic heterocycles. The molecule has 0 radical (unpaired) electrons. The van der Waals surface area contributed by atoms with Crippen molar-refractivity contribution in [3.63, 3.8) is 0 Å². The summed E-state index contributed by atoms with van der Waals surface area (Å²) < 4.78 is 5.30. The molecule has 0 saturated carbocycles. The average Bonchev–Trinajstić information content (AvgIpc) is 2.67. The first-order chi connectivity index (χ1) is 13.7. The molecule has 0 aliphatic heterocycles. The van der Waals surface area contributed by atoms with Crippen LogP contribution in [0.5, 0.6) is 0 Å². The highest BCUT2D eigenvalue weighted by Crippen LogP contribution is 2.16. The number of hydrogen-bond acceptors (Lipinski definition) is 4. The molecule has 29 heavy (non-hydrogen) atoms. The van der Waals surface area contributed by atoms with Crippen molar-refractivity contribution in [2.45, 2.75) is 39.8 Å². The number of benzene rings is 2. The molecular weight excluding hydrogens is 392 g/mol. The van der Waals surface area contributed by atoms with Crippen LogP contribution >= 0.6 is 11.6 Å². The standard InChI is InChI=1S/C22H25ClN2O4/c1-13(2)19(25-21(27)17-7-5-6-8-18(17)23)22(28)29-15(4)20(26)24-16-11-9-14(3)10-12-16/h5-13,15,19H,1-4H3,(H,24,26)(H,25,27)/t15?,19-/m0/s1. The zero-order valence-corrected chi connectivity index (χ0v) is 17.6. The van der Waals surface area contributed by atoms with Crippen LogP contribution in [0.3, 0.4) is 0 Å². The van der Waals surface area contributed by atoms with E-state index in [-0.39, 0.29) is 16.5 Å². The van der Waals surface area contributed by atoms with Gasteiger partial charge in [-0.2, -0.15) is 0 Å². The van der Waals surface area contributed by atoms with E-state index >= 15 is 0 Å². The topological polar surface area (TPSA) is 84.5 Å². The third-order valence-electron chi connectivity index (χ3n) is 4.31. The second-order valence-electron chi connectivity index (χ2n) is 7.11. The molecule has 1 unspecified atom stereocenters. The fourth-order valence-corrected chi connectivity index (χ4v) is 2.77. The number of esters is 1. The largest absolute Gasteiger partial charge is 0.451 e. The van der Waals surface area contributed by atoms with Crippen LogP contribution in [0, 0.1) is 12.8 Å². The van der Waals surface area contributed by atoms with Gasteiger partial charge < -0.3 is 15.4 Å². The molecule has 0 saturated heterocycles. The molecule has 0 heterocycles. The Morgan fingerprint density at radius 2 is 1.59 bits per heavy atom. The summed E-state index contributed by atoms with van der Waals surface area (Å²) in [6.07, 6.45) is -1.03. The lowest BCUT2D eigenvalue weighted by atomic mass is 10.0. The minimum Gasteiger partial charge on any atom is -0.451 e. The third-order valence-corrected chi connectivity index (χ3v) is 4.64. The fourth-order valence-electron chi connectivity index (χ4n) is 2.54. The molecule has 2 atom stereocenters. The normalized spacial score (nSPS) is 12.8. The molecule has 2 N–H and O–H groups in total. The van der Waals surface area contributed by atoms with Crippen molar-refractivity contribution in [3.05, 3.63) is 64.7 Å². The van der Waals surface area contributed by atoms with Crippen LogP contribution in [-0.2, 0) is 14.3 Å². The van der Waals surface area contributed by atoms with E-state index in [4.69, 9.17) is 16.3 Å². The van der Waals surface area contributed by atoms with Gasteiger partial charge in [0.2, 0.25) is 0 Å². The van der Waals surface area contributed by atoms with Crippen LogP contribution < -0.4 is 10.6 Å². The van der Waals surface area contributed by atoms with Gasteiger partial charge in [-0.1, -0.05) is 55.3 Å². The van der Waals surface area contributed by atoms with Gasteiger partial charge in [-0.3, -0.25) is 9.59 Å². The van der Waals surface area contributed by atoms with Crippen molar-refractivity contribution in [1.29, 1.82) is 0 Å². The summed E-state index contributed by atoms with van der Waals surface area (Å²) in [6.45, 7) is 6.97. The number of hydrogen-bond donors (Lipinski definition) is 2. The van der Waals surface area contributed by atoms with E-state index in [9.17, 15) is 14.4 Å². The number of nitrogens with one attached hydrogen (secondary N) is 2. The molecule has 7 heteroatoms. The van der Waals surface area contributed by atoms with E-state index in [1.54, 1.807) is 50.2 Å². The SMILES string of the molecule is Cc1ccc(NC(=O)C(C)OC(=O)[C@@H](NC(=O)c2ccccc2Cl)C(C)C)cc1. The Kier molecular flexibility index (Phi) is 7.79. The van der Waals surface area contributed by atoms with Crippen molar-refractivity contribution < 1.29 is 19.1 Å². The Labute approximate surface area is 175 Å². The van der Waals surface area contributed by atoms with E-state index in [1.807, 2.05) is 19.1 Å². The minimum atomic E-state index is -1.03. The summed E-state index contributed by atoms with van der Waals surface area (Å²) in [5, 5.41) is 5.62. The number of aryl methyl sites for hydroxylation is 1. The summed E-state index contributed by atoms with van der Waals surface area (Å²) in [6, 6.07) is 12.9. The highest BCUT2D eigenvalue weighted by atomic mass is 35.5. The van der Waals surface area contributed by atoms with E-state index in [2.05, 4.69) is 10.6 Å². The number of ether oxygens (including phenoxy) is 1. The smallest absolute Gasteiger partial charge is 0.329 e. The van der Waals surface area contributed by atoms with Gasteiger partial charge in [0.1, 0.15) is 6.04 Å². The molecule has 0 aliphatic carbocycles. The van der Waals surface area contributed by atoms with Crippen LogP contribution in [0.25, 0.3) is 0 Å². The van der Waals surface area contributed by atoms with Crippen LogP contribution in [0.2, 0.25) is 5.02 Å². The molecule has 0 bridgehead atoms. The lowest BCUT2D eigenvalue weighted by molar-refractivity contribution is -0.156. The maximum atomic E-state index is 12.6. The van der Waals surface area contributed by atoms with Crippen LogP contribution in [-0.4, -0.2) is 29.9 Å². The zero-order valence-electron chi connectivity index (χ0n) is 16.9. The first kappa shape index (κ1) is 22.4. The molecular formula is C22H25ClN2O4. The Hall–Kier alpha value is -2.86. The first-order valence-electron chi connectivity index (χ1n) is 9.32. The molecule has 6 nitrogen and oxygen atoms in total. The quantitative estimate of drug-likeness (QED) is 0.669. The van der Waals surface area contributed by atoms with Crippen LogP contribution in [0.4, 0.5) is 5.69 Å². The highest BCUT2D eigenvalue weighted by molar-refractivity contribution is 6.33. The molecule has 154 valence electrons. The summed E-state index contributed by atoms with van der Waals surface area (Å²) in [7, 11) is 0. The lowest BCUT2D eigenvalue weighted by Crippen LogP contribution is -2.47. The average molecular weight is 417 g/mol. The first-order valence-corrected chi connectivity index (χ1v) is 9.70. The molecule has 2 rings (SSSR count). The van der Waals surface area contributed by atoms with E-state index in [0.29, 0.717) is 5.69 Å². The lowest BCUT2D eigenvalue weighted by Gasteiger charge is -2.23. The molecule has 2 aromatic rings. The predicted octanol–water partition coefficient (Wildman–Crippen LogP) is 3.97. The monoisotopic (exact) mass is 416 g/mol. The second-order valence-corrected chi connectivity index (χ2v) is 7.52. The highest BCUT2D eigenvalue weighted by Gasteiger charge is 2.29. The predicted molar refractivity (Wildman–Crippen MR) is 113 cm³/mol. The van der Waals surface area contributed by atoms with Crippen LogP contribution in [0.15, 0.2) is 48.5 Å². The van der Waals surface area contributed by atoms with E-state index in [0.717, 1.165) is 5.56 Å². The third kappa shape index (κ3) is 6.32. The number of carbonyl (C=O) groups is 3. The van der Waals surface area contributed by atoms with Crippen molar-refractivity contribution in [1.82, 2.24) is 5.32 Å². The summed E-state index contributed by atoms with van der Waals surface area (Å²) >= 11 is 6.04. The Bertz CT molecular complexity index is 881. The maximum Gasteiger partial charge on any atom is 0.329 e. The molecule has 2 amide bonds. The summed E-state index contributed by atoms with van der Waals surface area (Å²) in [4.78, 5) is 37.4. The molecule has 0 spiro atoms. The van der Waals surface area contributed by atoms with Gasteiger partial charge >= 0.3 is 5.97 Å². The Morgan fingerprint density at radius 1 is 0.966 bits per heavy atom. The molecule has 0 aliphatic rings. The number of carbonyl (C=O) groups excluding carboxylic acids is 3. The number of halogens is 1. The molecule has 0 fully saturated rings. The van der Waals surface area contributed by atoms with Gasteiger partial charge in [-0.05, 0) is 44.0 Å². The summed E-state index contributed by atoms with van der Waals surface area (Å²) in [5.41, 5.74) is 1.94. The van der Waals surface area contributed by atoms with Crippen molar-refractivity contribution in [3.8, 4) is 0 Å². The number of anilines is 1. The minimum absolute atomic E-state index is 0.249. The van der Waals surface area contributed by atoms with Crippen molar-refractivity contribution in [2.75, 3.05) is 5.32 Å². The van der Waals surface area contributed by atoms with Gasteiger partial charge in [0, 0.05) is 5.69 Å². The Balaban J connectivity index is 2.01. The number of rotatable bonds is 7. The van der Waals surface area contributed by atoms with Gasteiger partial charge in [-0.25, -0.2) is 4.79 Å². The van der Waals surface area contributed by atoms with Gasteiger partial charge in [0.25, 0.3) is 11.8 Å².